The van der Waals surface area contributed by atoms with E-state index in [4.69, 9.17) is 35.1 Å². The second-order valence-electron chi connectivity index (χ2n) is 11.6. The van der Waals surface area contributed by atoms with Crippen molar-refractivity contribution < 1.29 is 33.1 Å². The Morgan fingerprint density at radius 1 is 0.760 bits per heavy atom. The standard InChI is InChI=1S/C40H41ClN2O7/c1-46-31-21-19-30(20-22-31)37-38(40(45)42-23-13-5-3-4-12-18-36(44)47-2)43-50-39(37)32-24-33(41)35(49-27-29-16-10-7-11-17-29)25-34(32)48-26-28-14-8-6-9-15-28/h6-11,14-17,19-22,24-25H,3-5,12-13,18,23,26-27H2,1-2H3,(H,42,45). The number of unbranched alkanes of at least 4 members (excludes halogenated alkanes) is 4. The van der Waals surface area contributed by atoms with Crippen molar-refractivity contribution in [3.63, 3.8) is 0 Å². The number of nitrogens with zero attached hydrogens (tertiary/aromatic N) is 1. The first-order chi connectivity index (χ1) is 24.5. The second kappa shape index (κ2) is 18.5. The van der Waals surface area contributed by atoms with Gasteiger partial charge in [-0.2, -0.15) is 0 Å². The van der Waals surface area contributed by atoms with Crippen molar-refractivity contribution in [2.45, 2.75) is 51.7 Å². The molecule has 0 spiro atoms. The van der Waals surface area contributed by atoms with Gasteiger partial charge < -0.3 is 28.8 Å². The third-order valence-electron chi connectivity index (χ3n) is 8.11. The van der Waals surface area contributed by atoms with Gasteiger partial charge in [-0.05, 0) is 47.7 Å². The highest BCUT2D eigenvalue weighted by atomic mass is 35.5. The van der Waals surface area contributed by atoms with Gasteiger partial charge in [0.05, 0.1) is 30.4 Å². The van der Waals surface area contributed by atoms with Crippen LogP contribution in [-0.4, -0.2) is 37.8 Å². The summed E-state index contributed by atoms with van der Waals surface area (Å²) in [5, 5.41) is 7.61. The van der Waals surface area contributed by atoms with Crippen molar-refractivity contribution in [3.05, 3.63) is 119 Å². The van der Waals surface area contributed by atoms with Gasteiger partial charge >= 0.3 is 5.97 Å². The van der Waals surface area contributed by atoms with Crippen LogP contribution in [-0.2, 0) is 22.7 Å². The molecule has 1 N–H and O–H groups in total. The lowest BCUT2D eigenvalue weighted by Crippen LogP contribution is -2.25. The van der Waals surface area contributed by atoms with Crippen molar-refractivity contribution >= 4 is 23.5 Å². The van der Waals surface area contributed by atoms with E-state index in [0.717, 1.165) is 43.2 Å². The maximum absolute atomic E-state index is 13.6. The monoisotopic (exact) mass is 696 g/mol. The molecule has 5 rings (SSSR count). The first-order valence-electron chi connectivity index (χ1n) is 16.6. The molecule has 0 saturated heterocycles. The maximum Gasteiger partial charge on any atom is 0.305 e. The molecule has 0 bridgehead atoms. The van der Waals surface area contributed by atoms with Crippen LogP contribution in [0.2, 0.25) is 5.02 Å². The Morgan fingerprint density at radius 3 is 2.02 bits per heavy atom. The van der Waals surface area contributed by atoms with E-state index in [1.807, 2.05) is 84.9 Å². The van der Waals surface area contributed by atoms with Crippen LogP contribution in [0.3, 0.4) is 0 Å². The summed E-state index contributed by atoms with van der Waals surface area (Å²) >= 11 is 6.83. The molecular weight excluding hydrogens is 656 g/mol. The van der Waals surface area contributed by atoms with E-state index in [9.17, 15) is 9.59 Å². The number of methoxy groups -OCH3 is 2. The zero-order valence-electron chi connectivity index (χ0n) is 28.3. The number of halogens is 1. The SMILES string of the molecule is COC(=O)CCCCCCCNC(=O)c1noc(-c2cc(Cl)c(OCc3ccccc3)cc2OCc2ccccc2)c1-c1ccc(OC)cc1. The Bertz CT molecular complexity index is 1830. The van der Waals surface area contributed by atoms with Gasteiger partial charge in [0, 0.05) is 19.0 Å². The van der Waals surface area contributed by atoms with Gasteiger partial charge in [0.1, 0.15) is 30.5 Å². The predicted octanol–water partition coefficient (Wildman–Crippen LogP) is 9.07. The average Bonchev–Trinajstić information content (AvgIpc) is 3.60. The lowest BCUT2D eigenvalue weighted by atomic mass is 9.98. The molecule has 0 atom stereocenters. The number of carbonyl (C=O) groups is 2. The number of rotatable bonds is 18. The van der Waals surface area contributed by atoms with Crippen LogP contribution in [0.4, 0.5) is 0 Å². The number of ether oxygens (including phenoxy) is 4. The van der Waals surface area contributed by atoms with E-state index < -0.39 is 0 Å². The maximum atomic E-state index is 13.6. The van der Waals surface area contributed by atoms with Gasteiger partial charge in [0.2, 0.25) is 0 Å². The number of esters is 1. The molecule has 0 unspecified atom stereocenters. The summed E-state index contributed by atoms with van der Waals surface area (Å²) in [5.41, 5.74) is 3.81. The Kier molecular flexibility index (Phi) is 13.3. The first-order valence-corrected chi connectivity index (χ1v) is 17.0. The molecule has 0 fully saturated rings. The molecule has 0 radical (unpaired) electrons. The summed E-state index contributed by atoms with van der Waals surface area (Å²) in [6.07, 6.45) is 4.78. The Morgan fingerprint density at radius 2 is 1.38 bits per heavy atom. The highest BCUT2D eigenvalue weighted by Crippen LogP contribution is 2.44. The van der Waals surface area contributed by atoms with Crippen LogP contribution >= 0.6 is 11.6 Å². The molecule has 1 aromatic heterocycles. The highest BCUT2D eigenvalue weighted by Gasteiger charge is 2.27. The van der Waals surface area contributed by atoms with Gasteiger partial charge in [0.25, 0.3) is 5.91 Å². The van der Waals surface area contributed by atoms with E-state index in [1.54, 1.807) is 19.2 Å². The second-order valence-corrected chi connectivity index (χ2v) is 12.0. The summed E-state index contributed by atoms with van der Waals surface area (Å²) in [6, 6.07) is 30.4. The first kappa shape index (κ1) is 36.0. The minimum absolute atomic E-state index is 0.137. The minimum Gasteiger partial charge on any atom is -0.497 e. The Balaban J connectivity index is 1.42. The zero-order valence-corrected chi connectivity index (χ0v) is 29.0. The molecule has 0 aliphatic rings. The summed E-state index contributed by atoms with van der Waals surface area (Å²) in [6.45, 7) is 1.05. The van der Waals surface area contributed by atoms with Gasteiger partial charge in [0.15, 0.2) is 11.5 Å². The summed E-state index contributed by atoms with van der Waals surface area (Å²) in [4.78, 5) is 24.9. The van der Waals surface area contributed by atoms with Gasteiger partial charge in [-0.25, -0.2) is 0 Å². The lowest BCUT2D eigenvalue weighted by Gasteiger charge is -2.16. The molecule has 0 aliphatic heterocycles. The van der Waals surface area contributed by atoms with E-state index in [1.165, 1.54) is 7.11 Å². The van der Waals surface area contributed by atoms with Crippen molar-refractivity contribution in [2.24, 2.45) is 0 Å². The highest BCUT2D eigenvalue weighted by molar-refractivity contribution is 6.32. The third kappa shape index (κ3) is 9.89. The van der Waals surface area contributed by atoms with Crippen LogP contribution in [0.5, 0.6) is 17.2 Å². The van der Waals surface area contributed by atoms with Crippen LogP contribution in [0.25, 0.3) is 22.5 Å². The van der Waals surface area contributed by atoms with Crippen LogP contribution in [0.15, 0.2) is 102 Å². The molecule has 10 heteroatoms. The molecule has 50 heavy (non-hydrogen) atoms. The van der Waals surface area contributed by atoms with Crippen molar-refractivity contribution in [2.75, 3.05) is 20.8 Å². The Hall–Kier alpha value is -5.28. The van der Waals surface area contributed by atoms with Gasteiger partial charge in [-0.15, -0.1) is 0 Å². The average molecular weight is 697 g/mol. The summed E-state index contributed by atoms with van der Waals surface area (Å²) < 4.78 is 28.6. The summed E-state index contributed by atoms with van der Waals surface area (Å²) in [5.74, 6) is 1.32. The number of hydrogen-bond donors (Lipinski definition) is 1. The van der Waals surface area contributed by atoms with E-state index in [-0.39, 0.29) is 24.2 Å². The molecule has 1 heterocycles. The van der Waals surface area contributed by atoms with Crippen LogP contribution in [0, 0.1) is 0 Å². The topological polar surface area (TPSA) is 109 Å². The lowest BCUT2D eigenvalue weighted by molar-refractivity contribution is -0.140. The number of hydrogen-bond acceptors (Lipinski definition) is 8. The third-order valence-corrected chi connectivity index (χ3v) is 8.41. The molecule has 5 aromatic rings. The van der Waals surface area contributed by atoms with E-state index >= 15 is 0 Å². The van der Waals surface area contributed by atoms with Crippen LogP contribution in [0.1, 0.15) is 60.1 Å². The molecule has 0 aliphatic carbocycles. The molecule has 1 amide bonds. The van der Waals surface area contributed by atoms with E-state index in [0.29, 0.717) is 64.3 Å². The van der Waals surface area contributed by atoms with Gasteiger partial charge in [-0.3, -0.25) is 9.59 Å². The minimum atomic E-state index is -0.364. The van der Waals surface area contributed by atoms with Gasteiger partial charge in [-0.1, -0.05) is 109 Å². The van der Waals surface area contributed by atoms with Crippen LogP contribution < -0.4 is 19.5 Å². The molecular formula is C40H41ClN2O7. The van der Waals surface area contributed by atoms with Crippen molar-refractivity contribution in [3.8, 4) is 39.7 Å². The number of amides is 1. The zero-order chi connectivity index (χ0) is 35.1. The molecule has 9 nitrogen and oxygen atoms in total. The molecule has 260 valence electrons. The quantitative estimate of drug-likeness (QED) is 0.0714. The number of carbonyl (C=O) groups excluding carboxylic acids is 2. The number of nitrogens with one attached hydrogen (secondary N) is 1. The van der Waals surface area contributed by atoms with Crippen molar-refractivity contribution in [1.82, 2.24) is 10.5 Å². The fourth-order valence-corrected chi connectivity index (χ4v) is 5.60. The largest absolute Gasteiger partial charge is 0.497 e. The normalized spacial score (nSPS) is 10.8. The molecule has 4 aromatic carbocycles. The fourth-order valence-electron chi connectivity index (χ4n) is 5.38. The number of benzene rings is 4. The van der Waals surface area contributed by atoms with E-state index in [2.05, 4.69) is 10.5 Å². The molecule has 0 saturated carbocycles. The summed E-state index contributed by atoms with van der Waals surface area (Å²) in [7, 11) is 2.99. The Labute approximate surface area is 297 Å². The van der Waals surface area contributed by atoms with Crippen molar-refractivity contribution in [1.29, 1.82) is 0 Å². The predicted molar refractivity (Wildman–Crippen MR) is 193 cm³/mol. The smallest absolute Gasteiger partial charge is 0.305 e. The fraction of sp³-hybridized carbons (Fsp3) is 0.275. The number of aromatic nitrogens is 1.